The lowest BCUT2D eigenvalue weighted by molar-refractivity contribution is -0.139. The van der Waals surface area contributed by atoms with Crippen LogP contribution in [-0.4, -0.2) is 29.8 Å². The summed E-state index contributed by atoms with van der Waals surface area (Å²) in [5, 5.41) is 23.0. The first-order chi connectivity index (χ1) is 10.1. The van der Waals surface area contributed by atoms with Crippen molar-refractivity contribution in [1.29, 1.82) is 0 Å². The molecule has 2 rings (SSSR count). The molecule has 5 nitrogen and oxygen atoms in total. The molecule has 0 atom stereocenters. The van der Waals surface area contributed by atoms with E-state index in [0.29, 0.717) is 11.1 Å². The number of hydrogen-bond donors (Lipinski definition) is 3. The predicted octanol–water partition coefficient (Wildman–Crippen LogP) is 1.95. The number of aromatic hydroxyl groups is 2. The van der Waals surface area contributed by atoms with Crippen molar-refractivity contribution >= 4 is 5.97 Å². The Kier molecular flexibility index (Phi) is 4.79. The highest BCUT2D eigenvalue weighted by atomic mass is 16.5. The summed E-state index contributed by atoms with van der Waals surface area (Å²) in [6.07, 6.45) is 0. The zero-order valence-corrected chi connectivity index (χ0v) is 11.6. The Morgan fingerprint density at radius 1 is 1.05 bits per heavy atom. The summed E-state index contributed by atoms with van der Waals surface area (Å²) in [7, 11) is 1.30. The lowest BCUT2D eigenvalue weighted by Gasteiger charge is -2.21. The second-order valence-electron chi connectivity index (χ2n) is 4.51. The van der Waals surface area contributed by atoms with Crippen molar-refractivity contribution in [3.8, 4) is 11.5 Å². The zero-order valence-electron chi connectivity index (χ0n) is 11.6. The normalized spacial score (nSPS) is 10.6. The van der Waals surface area contributed by atoms with E-state index in [1.807, 2.05) is 0 Å². The molecule has 0 aromatic heterocycles. The van der Waals surface area contributed by atoms with Crippen molar-refractivity contribution in [2.45, 2.75) is 6.04 Å². The number of benzene rings is 2. The Morgan fingerprint density at radius 2 is 1.52 bits per heavy atom. The number of hydrogen-bond acceptors (Lipinski definition) is 5. The summed E-state index contributed by atoms with van der Waals surface area (Å²) < 4.78 is 4.61. The van der Waals surface area contributed by atoms with Gasteiger partial charge in [0.05, 0.1) is 19.7 Å². The lowest BCUT2D eigenvalue weighted by Crippen LogP contribution is -2.29. The molecule has 2 aromatic carbocycles. The first-order valence-corrected chi connectivity index (χ1v) is 6.49. The minimum atomic E-state index is -0.522. The van der Waals surface area contributed by atoms with Gasteiger partial charge in [-0.25, -0.2) is 0 Å². The molecule has 0 amide bonds. The summed E-state index contributed by atoms with van der Waals surface area (Å²) in [6.45, 7) is -0.0379. The molecule has 5 heteroatoms. The van der Waals surface area contributed by atoms with Crippen LogP contribution in [0.15, 0.2) is 48.5 Å². The molecule has 110 valence electrons. The Morgan fingerprint density at radius 3 is 1.95 bits per heavy atom. The van der Waals surface area contributed by atoms with Gasteiger partial charge >= 0.3 is 5.97 Å². The molecule has 0 unspecified atom stereocenters. The van der Waals surface area contributed by atoms with Gasteiger partial charge in [-0.3, -0.25) is 10.1 Å². The van der Waals surface area contributed by atoms with Gasteiger partial charge < -0.3 is 14.9 Å². The molecular weight excluding hydrogens is 270 g/mol. The van der Waals surface area contributed by atoms with Crippen LogP contribution in [0.4, 0.5) is 0 Å². The molecule has 0 bridgehead atoms. The summed E-state index contributed by atoms with van der Waals surface area (Å²) in [6, 6.07) is 13.0. The standard InChI is InChI=1S/C16H17NO4/c1-21-15(20)10-17-16(11-6-2-4-8-13(11)18)12-7-3-5-9-14(12)19/h2-9,16-19H,10H2,1H3. The van der Waals surface area contributed by atoms with Gasteiger partial charge in [-0.1, -0.05) is 36.4 Å². The van der Waals surface area contributed by atoms with Crippen molar-refractivity contribution < 1.29 is 19.7 Å². The number of nitrogens with one attached hydrogen (secondary N) is 1. The smallest absolute Gasteiger partial charge is 0.319 e. The molecule has 0 heterocycles. The molecular formula is C16H17NO4. The number of rotatable bonds is 5. The number of phenolic OH excluding ortho intramolecular Hbond substituents is 2. The largest absolute Gasteiger partial charge is 0.508 e. The molecule has 0 fully saturated rings. The molecule has 0 aliphatic rings. The van der Waals surface area contributed by atoms with Gasteiger partial charge in [0.2, 0.25) is 0 Å². The quantitative estimate of drug-likeness (QED) is 0.733. The second kappa shape index (κ2) is 6.76. The van der Waals surface area contributed by atoms with Crippen molar-refractivity contribution in [3.05, 3.63) is 59.7 Å². The van der Waals surface area contributed by atoms with Crippen molar-refractivity contribution in [1.82, 2.24) is 5.32 Å². The number of methoxy groups -OCH3 is 1. The van der Waals surface area contributed by atoms with Crippen molar-refractivity contribution in [2.24, 2.45) is 0 Å². The number of phenols is 2. The van der Waals surface area contributed by atoms with E-state index in [1.54, 1.807) is 48.5 Å². The van der Waals surface area contributed by atoms with E-state index >= 15 is 0 Å². The van der Waals surface area contributed by atoms with Crippen LogP contribution in [0.3, 0.4) is 0 Å². The van der Waals surface area contributed by atoms with Crippen LogP contribution in [0.25, 0.3) is 0 Å². The van der Waals surface area contributed by atoms with Gasteiger partial charge in [-0.05, 0) is 12.1 Å². The van der Waals surface area contributed by atoms with Crippen LogP contribution < -0.4 is 5.32 Å². The van der Waals surface area contributed by atoms with Gasteiger partial charge in [0, 0.05) is 11.1 Å². The highest BCUT2D eigenvalue weighted by molar-refractivity contribution is 5.71. The maximum Gasteiger partial charge on any atom is 0.319 e. The van der Waals surface area contributed by atoms with E-state index in [2.05, 4.69) is 10.1 Å². The minimum absolute atomic E-state index is 0.0379. The summed E-state index contributed by atoms with van der Waals surface area (Å²) in [5.74, 6) is -0.253. The number of ether oxygens (including phenoxy) is 1. The summed E-state index contributed by atoms with van der Waals surface area (Å²) >= 11 is 0. The summed E-state index contributed by atoms with van der Waals surface area (Å²) in [4.78, 5) is 11.3. The van der Waals surface area contributed by atoms with E-state index in [9.17, 15) is 15.0 Å². The lowest BCUT2D eigenvalue weighted by atomic mass is 9.97. The maximum absolute atomic E-state index is 11.3. The minimum Gasteiger partial charge on any atom is -0.508 e. The molecule has 2 aromatic rings. The van der Waals surface area contributed by atoms with Gasteiger partial charge in [-0.2, -0.15) is 0 Å². The molecule has 21 heavy (non-hydrogen) atoms. The fraction of sp³-hybridized carbons (Fsp3) is 0.188. The number of carbonyl (C=O) groups is 1. The Hall–Kier alpha value is -2.53. The van der Waals surface area contributed by atoms with Gasteiger partial charge in [0.1, 0.15) is 11.5 Å². The van der Waals surface area contributed by atoms with Crippen LogP contribution >= 0.6 is 0 Å². The highest BCUT2D eigenvalue weighted by Gasteiger charge is 2.20. The Balaban J connectivity index is 2.38. The van der Waals surface area contributed by atoms with Crippen LogP contribution in [0.1, 0.15) is 17.2 Å². The number of carbonyl (C=O) groups excluding carboxylic acids is 1. The van der Waals surface area contributed by atoms with Crippen LogP contribution in [0, 0.1) is 0 Å². The average Bonchev–Trinajstić information content (AvgIpc) is 2.50. The molecule has 0 aliphatic carbocycles. The second-order valence-corrected chi connectivity index (χ2v) is 4.51. The van der Waals surface area contributed by atoms with Gasteiger partial charge in [-0.15, -0.1) is 0 Å². The Labute approximate surface area is 122 Å². The topological polar surface area (TPSA) is 78.8 Å². The highest BCUT2D eigenvalue weighted by Crippen LogP contribution is 2.33. The van der Waals surface area contributed by atoms with Gasteiger partial charge in [0.25, 0.3) is 0 Å². The van der Waals surface area contributed by atoms with Crippen LogP contribution in [-0.2, 0) is 9.53 Å². The molecule has 0 radical (unpaired) electrons. The van der Waals surface area contributed by atoms with Crippen molar-refractivity contribution in [2.75, 3.05) is 13.7 Å². The van der Waals surface area contributed by atoms with E-state index in [4.69, 9.17) is 0 Å². The van der Waals surface area contributed by atoms with Crippen LogP contribution in [0.5, 0.6) is 11.5 Å². The molecule has 0 aliphatic heterocycles. The predicted molar refractivity (Wildman–Crippen MR) is 78.1 cm³/mol. The fourth-order valence-corrected chi connectivity index (χ4v) is 2.11. The monoisotopic (exact) mass is 287 g/mol. The summed E-state index contributed by atoms with van der Waals surface area (Å²) in [5.41, 5.74) is 1.14. The average molecular weight is 287 g/mol. The third-order valence-corrected chi connectivity index (χ3v) is 3.17. The molecule has 0 saturated carbocycles. The maximum atomic E-state index is 11.3. The third-order valence-electron chi connectivity index (χ3n) is 3.17. The van der Waals surface area contributed by atoms with E-state index < -0.39 is 12.0 Å². The zero-order chi connectivity index (χ0) is 15.2. The third kappa shape index (κ3) is 3.52. The fourth-order valence-electron chi connectivity index (χ4n) is 2.11. The SMILES string of the molecule is COC(=O)CNC(c1ccccc1O)c1ccccc1O. The first-order valence-electron chi connectivity index (χ1n) is 6.49. The molecule has 0 spiro atoms. The first kappa shape index (κ1) is 14.9. The van der Waals surface area contributed by atoms with Crippen molar-refractivity contribution in [3.63, 3.8) is 0 Å². The Bertz CT molecular complexity index is 582. The van der Waals surface area contributed by atoms with E-state index in [-0.39, 0.29) is 18.0 Å². The van der Waals surface area contributed by atoms with Gasteiger partial charge in [0.15, 0.2) is 0 Å². The number of esters is 1. The molecule has 3 N–H and O–H groups in total. The molecule has 0 saturated heterocycles. The van der Waals surface area contributed by atoms with E-state index in [0.717, 1.165) is 0 Å². The van der Waals surface area contributed by atoms with E-state index in [1.165, 1.54) is 7.11 Å². The number of para-hydroxylation sites is 2. The van der Waals surface area contributed by atoms with Crippen LogP contribution in [0.2, 0.25) is 0 Å².